The van der Waals surface area contributed by atoms with Crippen LogP contribution in [0.5, 0.6) is 0 Å². The van der Waals surface area contributed by atoms with Gasteiger partial charge in [0.25, 0.3) is 0 Å². The summed E-state index contributed by atoms with van der Waals surface area (Å²) in [7, 11) is -4.04. The molecular weight excluding hydrogens is 323 g/mol. The van der Waals surface area contributed by atoms with Crippen molar-refractivity contribution < 1.29 is 31.5 Å². The summed E-state index contributed by atoms with van der Waals surface area (Å²) in [5, 5.41) is 8.62. The van der Waals surface area contributed by atoms with E-state index in [1.165, 1.54) is 13.8 Å². The van der Waals surface area contributed by atoms with E-state index >= 15 is 0 Å². The van der Waals surface area contributed by atoms with Gasteiger partial charge in [-0.15, -0.1) is 0 Å². The summed E-state index contributed by atoms with van der Waals surface area (Å²) in [5.41, 5.74) is -1.99. The summed E-state index contributed by atoms with van der Waals surface area (Å²) in [6.45, 7) is 3.00. The number of rotatable bonds is 6. The summed E-state index contributed by atoms with van der Waals surface area (Å²) in [4.78, 5) is 10.2. The monoisotopic (exact) mass is 339 g/mol. The quantitative estimate of drug-likeness (QED) is 0.834. The lowest BCUT2D eigenvalue weighted by Gasteiger charge is -2.25. The number of nitrogens with one attached hydrogen (secondary N) is 1. The van der Waals surface area contributed by atoms with E-state index in [9.17, 15) is 26.4 Å². The Morgan fingerprint density at radius 2 is 1.68 bits per heavy atom. The van der Waals surface area contributed by atoms with E-state index in [0.29, 0.717) is 12.1 Å². The van der Waals surface area contributed by atoms with Gasteiger partial charge in [0.2, 0.25) is 10.0 Å². The molecule has 0 aromatic heterocycles. The third kappa shape index (κ3) is 5.30. The van der Waals surface area contributed by atoms with Crippen LogP contribution in [0.2, 0.25) is 0 Å². The number of halogens is 3. The first-order valence-electron chi connectivity index (χ1n) is 6.26. The number of aliphatic carboxylic acids is 1. The maximum Gasteiger partial charge on any atom is 0.416 e. The Morgan fingerprint density at radius 1 is 1.18 bits per heavy atom. The fraction of sp³-hybridized carbons (Fsp3) is 0.462. The van der Waals surface area contributed by atoms with Gasteiger partial charge in [0.05, 0.1) is 10.5 Å². The van der Waals surface area contributed by atoms with E-state index < -0.39 is 33.3 Å². The van der Waals surface area contributed by atoms with E-state index in [1.54, 1.807) is 0 Å². The van der Waals surface area contributed by atoms with E-state index in [2.05, 4.69) is 4.72 Å². The van der Waals surface area contributed by atoms with Crippen molar-refractivity contribution in [2.75, 3.05) is 0 Å². The van der Waals surface area contributed by atoms with Crippen molar-refractivity contribution in [2.24, 2.45) is 0 Å². The zero-order valence-corrected chi connectivity index (χ0v) is 12.8. The molecule has 1 aromatic carbocycles. The molecule has 2 N–H and O–H groups in total. The van der Waals surface area contributed by atoms with Crippen LogP contribution < -0.4 is 4.72 Å². The minimum absolute atomic E-state index is 0.0438. The highest BCUT2D eigenvalue weighted by atomic mass is 32.2. The molecule has 0 saturated carbocycles. The molecule has 0 spiro atoms. The molecule has 0 heterocycles. The van der Waals surface area contributed by atoms with Gasteiger partial charge >= 0.3 is 12.1 Å². The molecule has 124 valence electrons. The molecule has 5 nitrogen and oxygen atoms in total. The SMILES string of the molecule is CC(C)(CCC(=O)O)NS(=O)(=O)c1ccc(C(F)(F)F)cc1. The van der Waals surface area contributed by atoms with Crippen molar-refractivity contribution in [1.82, 2.24) is 4.72 Å². The summed E-state index contributed by atoms with van der Waals surface area (Å²) >= 11 is 0. The molecular formula is C13H16F3NO4S. The topological polar surface area (TPSA) is 83.5 Å². The molecule has 0 aliphatic heterocycles. The van der Waals surface area contributed by atoms with Gasteiger partial charge in [-0.3, -0.25) is 4.79 Å². The van der Waals surface area contributed by atoms with E-state index in [0.717, 1.165) is 12.1 Å². The van der Waals surface area contributed by atoms with Crippen LogP contribution in [0.4, 0.5) is 13.2 Å². The third-order valence-electron chi connectivity index (χ3n) is 2.87. The van der Waals surface area contributed by atoms with Crippen molar-refractivity contribution >= 4 is 16.0 Å². The smallest absolute Gasteiger partial charge is 0.416 e. The van der Waals surface area contributed by atoms with Crippen LogP contribution in [-0.2, 0) is 21.0 Å². The number of carbonyl (C=O) groups is 1. The van der Waals surface area contributed by atoms with Crippen LogP contribution in [0.1, 0.15) is 32.3 Å². The Bertz CT molecular complexity index is 636. The number of hydrogen-bond donors (Lipinski definition) is 2. The fourth-order valence-corrected chi connectivity index (χ4v) is 3.16. The average Bonchev–Trinajstić information content (AvgIpc) is 2.34. The number of sulfonamides is 1. The molecule has 1 aromatic rings. The Balaban J connectivity index is 2.93. The Labute approximate surface area is 126 Å². The molecule has 0 atom stereocenters. The first-order valence-corrected chi connectivity index (χ1v) is 7.75. The van der Waals surface area contributed by atoms with Crippen LogP contribution in [0.15, 0.2) is 29.2 Å². The molecule has 0 bridgehead atoms. The van der Waals surface area contributed by atoms with E-state index in [-0.39, 0.29) is 17.7 Å². The second-order valence-electron chi connectivity index (χ2n) is 5.41. The first kappa shape index (κ1) is 18.4. The van der Waals surface area contributed by atoms with E-state index in [1.807, 2.05) is 0 Å². The average molecular weight is 339 g/mol. The predicted octanol–water partition coefficient (Wildman–Crippen LogP) is 2.63. The van der Waals surface area contributed by atoms with Crippen molar-refractivity contribution in [1.29, 1.82) is 0 Å². The normalized spacial score (nSPS) is 13.1. The van der Waals surface area contributed by atoms with Gasteiger partial charge in [-0.05, 0) is 44.5 Å². The molecule has 0 amide bonds. The molecule has 1 rings (SSSR count). The lowest BCUT2D eigenvalue weighted by atomic mass is 10.0. The molecule has 0 saturated heterocycles. The maximum absolute atomic E-state index is 12.4. The van der Waals surface area contributed by atoms with Gasteiger partial charge in [0, 0.05) is 12.0 Å². The van der Waals surface area contributed by atoms with Crippen LogP contribution in [-0.4, -0.2) is 25.0 Å². The standard InChI is InChI=1S/C13H16F3NO4S/c1-12(2,8-7-11(18)19)17-22(20,21)10-5-3-9(4-6-10)13(14,15)16/h3-6,17H,7-8H2,1-2H3,(H,18,19). The molecule has 9 heteroatoms. The first-order chi connectivity index (χ1) is 9.83. The Morgan fingerprint density at radius 3 is 2.09 bits per heavy atom. The predicted molar refractivity (Wildman–Crippen MR) is 72.7 cm³/mol. The summed E-state index contributed by atoms with van der Waals surface area (Å²) < 4.78 is 63.8. The highest BCUT2D eigenvalue weighted by Gasteiger charge is 2.31. The summed E-state index contributed by atoms with van der Waals surface area (Å²) in [5.74, 6) is -1.07. The second-order valence-corrected chi connectivity index (χ2v) is 7.09. The summed E-state index contributed by atoms with van der Waals surface area (Å²) in [6, 6.07) is 3.08. The van der Waals surface area contributed by atoms with Crippen LogP contribution in [0, 0.1) is 0 Å². The van der Waals surface area contributed by atoms with Gasteiger partial charge in [-0.2, -0.15) is 13.2 Å². The molecule has 0 aliphatic rings. The number of alkyl halides is 3. The number of carboxylic acids is 1. The lowest BCUT2D eigenvalue weighted by molar-refractivity contribution is -0.138. The molecule has 0 fully saturated rings. The molecule has 0 aliphatic carbocycles. The fourth-order valence-electron chi connectivity index (χ4n) is 1.72. The van der Waals surface area contributed by atoms with E-state index in [4.69, 9.17) is 5.11 Å². The van der Waals surface area contributed by atoms with Gasteiger partial charge in [-0.1, -0.05) is 0 Å². The van der Waals surface area contributed by atoms with Crippen molar-refractivity contribution in [3.05, 3.63) is 29.8 Å². The number of benzene rings is 1. The highest BCUT2D eigenvalue weighted by Crippen LogP contribution is 2.29. The van der Waals surface area contributed by atoms with Crippen molar-refractivity contribution in [3.63, 3.8) is 0 Å². The van der Waals surface area contributed by atoms with Gasteiger partial charge in [0.15, 0.2) is 0 Å². The third-order valence-corrected chi connectivity index (χ3v) is 4.58. The zero-order valence-electron chi connectivity index (χ0n) is 11.9. The minimum Gasteiger partial charge on any atom is -0.481 e. The molecule has 0 radical (unpaired) electrons. The summed E-state index contributed by atoms with van der Waals surface area (Å²) in [6.07, 6.45) is -4.73. The van der Waals surface area contributed by atoms with Crippen LogP contribution in [0.25, 0.3) is 0 Å². The van der Waals surface area contributed by atoms with Crippen molar-refractivity contribution in [2.45, 2.75) is 43.3 Å². The molecule has 22 heavy (non-hydrogen) atoms. The van der Waals surface area contributed by atoms with Gasteiger partial charge < -0.3 is 5.11 Å². The number of carboxylic acid groups (broad SMARTS) is 1. The van der Waals surface area contributed by atoms with Crippen LogP contribution in [0.3, 0.4) is 0 Å². The number of hydrogen-bond acceptors (Lipinski definition) is 3. The van der Waals surface area contributed by atoms with Gasteiger partial charge in [-0.25, -0.2) is 13.1 Å². The highest BCUT2D eigenvalue weighted by molar-refractivity contribution is 7.89. The largest absolute Gasteiger partial charge is 0.481 e. The van der Waals surface area contributed by atoms with Gasteiger partial charge in [0.1, 0.15) is 0 Å². The Kier molecular flexibility index (Phi) is 5.24. The second kappa shape index (κ2) is 6.25. The zero-order chi connectivity index (χ0) is 17.2. The maximum atomic E-state index is 12.4. The molecule has 0 unspecified atom stereocenters. The van der Waals surface area contributed by atoms with Crippen molar-refractivity contribution in [3.8, 4) is 0 Å². The minimum atomic E-state index is -4.55. The lowest BCUT2D eigenvalue weighted by Crippen LogP contribution is -2.43. The van der Waals surface area contributed by atoms with Crippen LogP contribution >= 0.6 is 0 Å². The Hall–Kier alpha value is -1.61.